The normalized spacial score (nSPS) is 24.2. The minimum atomic E-state index is -0.260. The summed E-state index contributed by atoms with van der Waals surface area (Å²) in [5, 5.41) is 0. The van der Waals surface area contributed by atoms with E-state index in [0.717, 1.165) is 44.3 Å². The molecule has 2 aliphatic rings. The second-order valence-corrected chi connectivity index (χ2v) is 8.71. The number of piperidine rings is 1. The third kappa shape index (κ3) is 6.53. The van der Waals surface area contributed by atoms with Crippen LogP contribution in [0.4, 0.5) is 0 Å². The average molecular weight is 430 g/mol. The minimum absolute atomic E-state index is 0.127. The number of carbonyl (C=O) groups excluding carboxylic acids is 3. The van der Waals surface area contributed by atoms with Crippen LogP contribution in [0.1, 0.15) is 44.6 Å². The first-order valence-corrected chi connectivity index (χ1v) is 11.5. The van der Waals surface area contributed by atoms with Crippen LogP contribution >= 0.6 is 0 Å². The number of primary amides is 1. The number of carbonyl (C=O) groups is 3. The lowest BCUT2D eigenvalue weighted by Gasteiger charge is -2.39. The fourth-order valence-electron chi connectivity index (χ4n) is 4.97. The summed E-state index contributed by atoms with van der Waals surface area (Å²) in [7, 11) is 0. The molecule has 0 spiro atoms. The van der Waals surface area contributed by atoms with E-state index in [1.54, 1.807) is 0 Å². The maximum atomic E-state index is 12.9. The lowest BCUT2D eigenvalue weighted by molar-refractivity contribution is -0.145. The third-order valence-electron chi connectivity index (χ3n) is 6.66. The zero-order chi connectivity index (χ0) is 22.2. The van der Waals surface area contributed by atoms with E-state index in [9.17, 15) is 14.4 Å². The first-order chi connectivity index (χ1) is 15.0. The van der Waals surface area contributed by atoms with Gasteiger partial charge in [0.25, 0.3) is 0 Å². The van der Waals surface area contributed by atoms with E-state index < -0.39 is 0 Å². The summed E-state index contributed by atoms with van der Waals surface area (Å²) in [6.45, 7) is 5.14. The van der Waals surface area contributed by atoms with Crippen molar-refractivity contribution in [1.29, 1.82) is 0 Å². The number of likely N-dealkylation sites (tertiary alicyclic amines) is 2. The Morgan fingerprint density at radius 2 is 1.87 bits per heavy atom. The van der Waals surface area contributed by atoms with Gasteiger partial charge in [0.05, 0.1) is 19.1 Å². The number of nitrogens with two attached hydrogens (primary N) is 1. The van der Waals surface area contributed by atoms with E-state index in [1.807, 2.05) is 42.2 Å². The topological polar surface area (TPSA) is 92.9 Å². The molecule has 31 heavy (non-hydrogen) atoms. The highest BCUT2D eigenvalue weighted by atomic mass is 16.5. The van der Waals surface area contributed by atoms with Crippen molar-refractivity contribution in [2.75, 3.05) is 32.8 Å². The smallest absolute Gasteiger partial charge is 0.306 e. The van der Waals surface area contributed by atoms with Gasteiger partial charge in [-0.25, -0.2) is 0 Å². The number of nitrogens with zero attached hydrogens (tertiary/aromatic N) is 2. The standard InChI is InChI=1S/C24H35N3O4/c1-2-31-23(29)16-19-10-14-27(22(28)15-18-7-4-3-5-8-18)17-20(19)11-13-26-12-6-9-21(26)24(25)30/h3-5,7-8,19-21H,2,6,9-17H2,1H3,(H2,25,30)/t19-,20+,21+/m1/s1. The molecule has 2 saturated heterocycles. The minimum Gasteiger partial charge on any atom is -0.466 e. The Morgan fingerprint density at radius 3 is 2.58 bits per heavy atom. The summed E-state index contributed by atoms with van der Waals surface area (Å²) in [5.74, 6) is 0.0880. The first kappa shape index (κ1) is 23.3. The molecule has 2 fully saturated rings. The van der Waals surface area contributed by atoms with Crippen molar-refractivity contribution >= 4 is 17.8 Å². The van der Waals surface area contributed by atoms with Crippen molar-refractivity contribution < 1.29 is 19.1 Å². The number of esters is 1. The van der Waals surface area contributed by atoms with Crippen molar-refractivity contribution in [2.24, 2.45) is 17.6 Å². The summed E-state index contributed by atoms with van der Waals surface area (Å²) in [5.41, 5.74) is 6.58. The maximum absolute atomic E-state index is 12.9. The fourth-order valence-corrected chi connectivity index (χ4v) is 4.97. The lowest BCUT2D eigenvalue weighted by Crippen LogP contribution is -2.47. The maximum Gasteiger partial charge on any atom is 0.306 e. The third-order valence-corrected chi connectivity index (χ3v) is 6.66. The highest BCUT2D eigenvalue weighted by Crippen LogP contribution is 2.31. The molecular weight excluding hydrogens is 394 g/mol. The van der Waals surface area contributed by atoms with Crippen LogP contribution in [-0.4, -0.2) is 66.4 Å². The van der Waals surface area contributed by atoms with E-state index in [-0.39, 0.29) is 35.7 Å². The molecule has 0 radical (unpaired) electrons. The number of ether oxygens (including phenoxy) is 1. The Kier molecular flexibility index (Phi) is 8.46. The van der Waals surface area contributed by atoms with Gasteiger partial charge in [-0.3, -0.25) is 19.3 Å². The molecule has 0 aliphatic carbocycles. The van der Waals surface area contributed by atoms with E-state index in [0.29, 0.717) is 32.5 Å². The van der Waals surface area contributed by atoms with Crippen molar-refractivity contribution in [1.82, 2.24) is 9.80 Å². The second kappa shape index (κ2) is 11.3. The van der Waals surface area contributed by atoms with E-state index in [2.05, 4.69) is 4.90 Å². The zero-order valence-corrected chi connectivity index (χ0v) is 18.5. The molecule has 170 valence electrons. The summed E-state index contributed by atoms with van der Waals surface area (Å²) in [6, 6.07) is 9.59. The Morgan fingerprint density at radius 1 is 1.10 bits per heavy atom. The van der Waals surface area contributed by atoms with E-state index >= 15 is 0 Å². The lowest BCUT2D eigenvalue weighted by atomic mass is 9.80. The predicted molar refractivity (Wildman–Crippen MR) is 118 cm³/mol. The fraction of sp³-hybridized carbons (Fsp3) is 0.625. The number of amides is 2. The Bertz CT molecular complexity index is 754. The van der Waals surface area contributed by atoms with Crippen LogP contribution in [-0.2, 0) is 25.5 Å². The molecule has 2 aliphatic heterocycles. The van der Waals surface area contributed by atoms with Crippen molar-refractivity contribution in [3.05, 3.63) is 35.9 Å². The molecule has 1 aromatic rings. The largest absolute Gasteiger partial charge is 0.466 e. The molecule has 2 heterocycles. The van der Waals surface area contributed by atoms with Gasteiger partial charge in [-0.2, -0.15) is 0 Å². The van der Waals surface area contributed by atoms with Gasteiger partial charge in [0.1, 0.15) is 0 Å². The van der Waals surface area contributed by atoms with Gasteiger partial charge in [-0.1, -0.05) is 30.3 Å². The van der Waals surface area contributed by atoms with E-state index in [4.69, 9.17) is 10.5 Å². The number of hydrogen-bond donors (Lipinski definition) is 1. The summed E-state index contributed by atoms with van der Waals surface area (Å²) < 4.78 is 5.18. The Balaban J connectivity index is 1.62. The molecule has 3 rings (SSSR count). The molecule has 0 bridgehead atoms. The number of rotatable bonds is 9. The van der Waals surface area contributed by atoms with Crippen LogP contribution in [0.5, 0.6) is 0 Å². The molecule has 0 saturated carbocycles. The van der Waals surface area contributed by atoms with Crippen molar-refractivity contribution in [3.63, 3.8) is 0 Å². The number of hydrogen-bond acceptors (Lipinski definition) is 5. The van der Waals surface area contributed by atoms with Gasteiger partial charge in [0.15, 0.2) is 0 Å². The SMILES string of the molecule is CCOC(=O)C[C@H]1CCN(C(=O)Cc2ccccc2)C[C@@H]1CCN1CCC[C@H]1C(N)=O. The van der Waals surface area contributed by atoms with Crippen LogP contribution in [0.3, 0.4) is 0 Å². The zero-order valence-electron chi connectivity index (χ0n) is 18.5. The molecule has 0 aromatic heterocycles. The quantitative estimate of drug-likeness (QED) is 0.606. The van der Waals surface area contributed by atoms with Crippen LogP contribution in [0, 0.1) is 11.8 Å². The Labute approximate surface area is 184 Å². The monoisotopic (exact) mass is 429 g/mol. The molecule has 2 N–H and O–H groups in total. The molecule has 1 aromatic carbocycles. The second-order valence-electron chi connectivity index (χ2n) is 8.71. The van der Waals surface area contributed by atoms with Gasteiger partial charge < -0.3 is 15.4 Å². The van der Waals surface area contributed by atoms with Crippen molar-refractivity contribution in [2.45, 2.75) is 51.5 Å². The highest BCUT2D eigenvalue weighted by Gasteiger charge is 2.35. The van der Waals surface area contributed by atoms with Crippen LogP contribution in [0.25, 0.3) is 0 Å². The van der Waals surface area contributed by atoms with Crippen LogP contribution < -0.4 is 5.73 Å². The number of benzene rings is 1. The average Bonchev–Trinajstić information content (AvgIpc) is 3.23. The summed E-state index contributed by atoms with van der Waals surface area (Å²) in [6.07, 6.45) is 4.21. The summed E-state index contributed by atoms with van der Waals surface area (Å²) in [4.78, 5) is 40.9. The molecule has 7 heteroatoms. The van der Waals surface area contributed by atoms with Gasteiger partial charge in [0, 0.05) is 19.5 Å². The van der Waals surface area contributed by atoms with Crippen molar-refractivity contribution in [3.8, 4) is 0 Å². The first-order valence-electron chi connectivity index (χ1n) is 11.5. The van der Waals surface area contributed by atoms with Gasteiger partial charge in [-0.15, -0.1) is 0 Å². The van der Waals surface area contributed by atoms with E-state index in [1.165, 1.54) is 0 Å². The predicted octanol–water partition coefficient (Wildman–Crippen LogP) is 1.99. The molecule has 7 nitrogen and oxygen atoms in total. The van der Waals surface area contributed by atoms with Crippen LogP contribution in [0.15, 0.2) is 30.3 Å². The molecule has 2 amide bonds. The van der Waals surface area contributed by atoms with Gasteiger partial charge in [-0.05, 0) is 63.1 Å². The van der Waals surface area contributed by atoms with Gasteiger partial charge in [0.2, 0.25) is 11.8 Å². The van der Waals surface area contributed by atoms with Gasteiger partial charge >= 0.3 is 5.97 Å². The molecule has 3 atom stereocenters. The molecule has 0 unspecified atom stereocenters. The Hall–Kier alpha value is -2.41. The molecular formula is C24H35N3O4. The highest BCUT2D eigenvalue weighted by molar-refractivity contribution is 5.80. The summed E-state index contributed by atoms with van der Waals surface area (Å²) >= 11 is 0. The van der Waals surface area contributed by atoms with Crippen LogP contribution in [0.2, 0.25) is 0 Å².